The van der Waals surface area contributed by atoms with Gasteiger partial charge in [0.1, 0.15) is 11.1 Å². The molecular weight excluding hydrogens is 374 g/mol. The van der Waals surface area contributed by atoms with Crippen LogP contribution in [0.2, 0.25) is 0 Å². The number of pyridine rings is 1. The average molecular weight is 398 g/mol. The molecule has 1 saturated heterocycles. The molecule has 1 aromatic carbocycles. The predicted octanol–water partition coefficient (Wildman–Crippen LogP) is 3.12. The lowest BCUT2D eigenvalue weighted by molar-refractivity contribution is -0.124. The first-order valence-electron chi connectivity index (χ1n) is 9.48. The number of fused-ring (bicyclic) bond motifs is 1. The molecule has 0 unspecified atom stereocenters. The van der Waals surface area contributed by atoms with Crippen molar-refractivity contribution in [3.8, 4) is 0 Å². The van der Waals surface area contributed by atoms with E-state index in [1.807, 2.05) is 35.4 Å². The highest BCUT2D eigenvalue weighted by Gasteiger charge is 2.26. The quantitative estimate of drug-likeness (QED) is 0.803. The van der Waals surface area contributed by atoms with Crippen LogP contribution in [-0.2, 0) is 22.5 Å². The van der Waals surface area contributed by atoms with Crippen LogP contribution >= 0.6 is 11.8 Å². The van der Waals surface area contributed by atoms with Crippen molar-refractivity contribution in [2.24, 2.45) is 0 Å². The number of hydrogen-bond donors (Lipinski definition) is 1. The summed E-state index contributed by atoms with van der Waals surface area (Å²) in [4.78, 5) is 31.5. The molecule has 7 heteroatoms. The first-order valence-corrected chi connectivity index (χ1v) is 10.7. The molecule has 2 aliphatic rings. The normalized spacial score (nSPS) is 18.6. The van der Waals surface area contributed by atoms with Crippen LogP contribution in [0.25, 0.3) is 0 Å². The summed E-state index contributed by atoms with van der Waals surface area (Å²) in [6, 6.07) is 9.56. The SMILES string of the molecule is CSc1ncccc1C(=O)N1CCc2ccc(NC(=O)[C@H]3CCCO3)cc2C1. The van der Waals surface area contributed by atoms with E-state index < -0.39 is 0 Å². The fourth-order valence-corrected chi connectivity index (χ4v) is 4.24. The number of thioether (sulfide) groups is 1. The number of rotatable bonds is 4. The average Bonchev–Trinajstić information content (AvgIpc) is 3.28. The largest absolute Gasteiger partial charge is 0.368 e. The van der Waals surface area contributed by atoms with Gasteiger partial charge in [-0.15, -0.1) is 11.8 Å². The molecule has 1 N–H and O–H groups in total. The second-order valence-corrected chi connectivity index (χ2v) is 7.81. The number of nitrogens with zero attached hydrogens (tertiary/aromatic N) is 2. The van der Waals surface area contributed by atoms with Crippen molar-refractivity contribution < 1.29 is 14.3 Å². The van der Waals surface area contributed by atoms with E-state index in [1.54, 1.807) is 12.3 Å². The number of hydrogen-bond acceptors (Lipinski definition) is 5. The molecule has 146 valence electrons. The van der Waals surface area contributed by atoms with Gasteiger partial charge in [-0.05, 0) is 60.9 Å². The van der Waals surface area contributed by atoms with E-state index in [1.165, 1.54) is 17.3 Å². The summed E-state index contributed by atoms with van der Waals surface area (Å²) >= 11 is 1.48. The van der Waals surface area contributed by atoms with E-state index in [9.17, 15) is 9.59 Å². The van der Waals surface area contributed by atoms with E-state index in [0.717, 1.165) is 35.5 Å². The molecule has 6 nitrogen and oxygen atoms in total. The van der Waals surface area contributed by atoms with Crippen molar-refractivity contribution in [2.75, 3.05) is 24.7 Å². The van der Waals surface area contributed by atoms with E-state index in [-0.39, 0.29) is 17.9 Å². The van der Waals surface area contributed by atoms with Crippen LogP contribution in [0.15, 0.2) is 41.6 Å². The fraction of sp³-hybridized carbons (Fsp3) is 0.381. The second-order valence-electron chi connectivity index (χ2n) is 7.01. The van der Waals surface area contributed by atoms with Crippen LogP contribution in [0, 0.1) is 0 Å². The van der Waals surface area contributed by atoms with Gasteiger partial charge in [0.25, 0.3) is 11.8 Å². The Bertz CT molecular complexity index is 896. The number of ether oxygens (including phenoxy) is 1. The van der Waals surface area contributed by atoms with Gasteiger partial charge < -0.3 is 15.0 Å². The summed E-state index contributed by atoms with van der Waals surface area (Å²) in [6.07, 6.45) is 5.76. The Morgan fingerprint density at radius 1 is 1.29 bits per heavy atom. The smallest absolute Gasteiger partial charge is 0.256 e. The lowest BCUT2D eigenvalue weighted by Gasteiger charge is -2.29. The number of nitrogens with one attached hydrogen (secondary N) is 1. The Morgan fingerprint density at radius 2 is 2.18 bits per heavy atom. The number of benzene rings is 1. The monoisotopic (exact) mass is 397 g/mol. The van der Waals surface area contributed by atoms with E-state index in [4.69, 9.17) is 4.74 Å². The minimum Gasteiger partial charge on any atom is -0.368 e. The Labute approximate surface area is 168 Å². The third-order valence-corrected chi connectivity index (χ3v) is 5.90. The molecule has 0 spiro atoms. The third kappa shape index (κ3) is 3.91. The Morgan fingerprint density at radius 3 is 2.96 bits per heavy atom. The van der Waals surface area contributed by atoms with Crippen molar-refractivity contribution >= 4 is 29.3 Å². The molecule has 2 amide bonds. The molecule has 1 fully saturated rings. The maximum absolute atomic E-state index is 13.0. The van der Waals surface area contributed by atoms with Gasteiger partial charge in [0.15, 0.2) is 0 Å². The van der Waals surface area contributed by atoms with Crippen molar-refractivity contribution in [1.82, 2.24) is 9.88 Å². The Balaban J connectivity index is 1.49. The highest BCUT2D eigenvalue weighted by molar-refractivity contribution is 7.98. The summed E-state index contributed by atoms with van der Waals surface area (Å²) < 4.78 is 5.45. The van der Waals surface area contributed by atoms with E-state index in [2.05, 4.69) is 10.3 Å². The van der Waals surface area contributed by atoms with Gasteiger partial charge in [0.05, 0.1) is 5.56 Å². The second kappa shape index (κ2) is 8.32. The van der Waals surface area contributed by atoms with Crippen molar-refractivity contribution in [1.29, 1.82) is 0 Å². The van der Waals surface area contributed by atoms with E-state index >= 15 is 0 Å². The summed E-state index contributed by atoms with van der Waals surface area (Å²) in [5, 5.41) is 3.69. The van der Waals surface area contributed by atoms with E-state index in [0.29, 0.717) is 25.3 Å². The first kappa shape index (κ1) is 19.0. The van der Waals surface area contributed by atoms with Gasteiger partial charge in [-0.2, -0.15) is 0 Å². The van der Waals surface area contributed by atoms with Crippen LogP contribution in [0.4, 0.5) is 5.69 Å². The van der Waals surface area contributed by atoms with Crippen LogP contribution < -0.4 is 5.32 Å². The minimum atomic E-state index is -0.357. The van der Waals surface area contributed by atoms with Gasteiger partial charge >= 0.3 is 0 Å². The molecule has 4 rings (SSSR count). The van der Waals surface area contributed by atoms with Crippen molar-refractivity contribution in [3.05, 3.63) is 53.2 Å². The summed E-state index contributed by atoms with van der Waals surface area (Å²) in [5.41, 5.74) is 3.68. The molecule has 0 aliphatic carbocycles. The van der Waals surface area contributed by atoms with Crippen LogP contribution in [0.3, 0.4) is 0 Å². The third-order valence-electron chi connectivity index (χ3n) is 5.19. The molecule has 28 heavy (non-hydrogen) atoms. The molecule has 0 radical (unpaired) electrons. The van der Waals surface area contributed by atoms with Gasteiger partial charge in [-0.25, -0.2) is 4.98 Å². The first-order chi connectivity index (χ1) is 13.7. The van der Waals surface area contributed by atoms with Crippen LogP contribution in [0.1, 0.15) is 34.3 Å². The zero-order chi connectivity index (χ0) is 19.5. The number of aromatic nitrogens is 1. The van der Waals surface area contributed by atoms with Gasteiger partial charge in [0.2, 0.25) is 0 Å². The molecule has 3 heterocycles. The van der Waals surface area contributed by atoms with Crippen molar-refractivity contribution in [2.45, 2.75) is 36.9 Å². The standard InChI is InChI=1S/C21H23N3O3S/c1-28-20-17(4-2-9-22-20)21(26)24-10-8-14-6-7-16(12-15(14)13-24)23-19(25)18-5-3-11-27-18/h2,4,6-7,9,12,18H,3,5,8,10-11,13H2,1H3,(H,23,25)/t18-/m1/s1. The molecule has 0 bridgehead atoms. The molecule has 2 aromatic rings. The summed E-state index contributed by atoms with van der Waals surface area (Å²) in [6.45, 7) is 1.85. The van der Waals surface area contributed by atoms with Gasteiger partial charge in [-0.1, -0.05) is 6.07 Å². The summed E-state index contributed by atoms with van der Waals surface area (Å²) in [5.74, 6) is -0.0990. The maximum Gasteiger partial charge on any atom is 0.256 e. The van der Waals surface area contributed by atoms with Gasteiger partial charge in [-0.3, -0.25) is 9.59 Å². The topological polar surface area (TPSA) is 71.5 Å². The zero-order valence-corrected chi connectivity index (χ0v) is 16.6. The highest BCUT2D eigenvalue weighted by atomic mass is 32.2. The van der Waals surface area contributed by atoms with Crippen LogP contribution in [0.5, 0.6) is 0 Å². The minimum absolute atomic E-state index is 0.00288. The molecular formula is C21H23N3O3S. The molecule has 1 atom stereocenters. The fourth-order valence-electron chi connectivity index (χ4n) is 3.70. The lowest BCUT2D eigenvalue weighted by atomic mass is 9.98. The highest BCUT2D eigenvalue weighted by Crippen LogP contribution is 2.26. The lowest BCUT2D eigenvalue weighted by Crippen LogP contribution is -2.36. The number of amides is 2. The van der Waals surface area contributed by atoms with Crippen LogP contribution in [-0.4, -0.2) is 47.2 Å². The molecule has 0 saturated carbocycles. The summed E-state index contributed by atoms with van der Waals surface area (Å²) in [7, 11) is 0. The number of carbonyl (C=O) groups excluding carboxylic acids is 2. The maximum atomic E-state index is 13.0. The molecule has 2 aliphatic heterocycles. The zero-order valence-electron chi connectivity index (χ0n) is 15.8. The van der Waals surface area contributed by atoms with Gasteiger partial charge in [0, 0.05) is 31.6 Å². The molecule has 1 aromatic heterocycles. The Kier molecular flexibility index (Phi) is 5.64. The predicted molar refractivity (Wildman–Crippen MR) is 109 cm³/mol. The Hall–Kier alpha value is -2.38. The number of anilines is 1. The number of carbonyl (C=O) groups is 2. The van der Waals surface area contributed by atoms with Crippen molar-refractivity contribution in [3.63, 3.8) is 0 Å².